The molecule has 0 radical (unpaired) electrons. The molecular weight excluding hydrogens is 226 g/mol. The van der Waals surface area contributed by atoms with E-state index in [1.54, 1.807) is 0 Å². The van der Waals surface area contributed by atoms with Crippen LogP contribution in [0.3, 0.4) is 0 Å². The molecule has 0 aliphatic heterocycles. The quantitative estimate of drug-likeness (QED) is 0.577. The van der Waals surface area contributed by atoms with E-state index in [0.29, 0.717) is 12.2 Å². The molecule has 0 unspecified atom stereocenters. The first kappa shape index (κ1) is 15.1. The number of rotatable bonds is 4. The van der Waals surface area contributed by atoms with Gasteiger partial charge < -0.3 is 25.3 Å². The van der Waals surface area contributed by atoms with Crippen LogP contribution in [-0.4, -0.2) is 41.1 Å². The SMILES string of the molecule is CCCc1nc(C(=O)O)c(C(=O)[O-])[nH]1.C[NH2+]C. The minimum Gasteiger partial charge on any atom is -0.543 e. The lowest BCUT2D eigenvalue weighted by Crippen LogP contribution is -2.74. The molecule has 0 amide bonds. The number of nitrogens with one attached hydrogen (secondary N) is 1. The number of hydrogen-bond donors (Lipinski definition) is 3. The van der Waals surface area contributed by atoms with Crippen molar-refractivity contribution in [3.05, 3.63) is 17.2 Å². The Labute approximate surface area is 98.9 Å². The predicted molar refractivity (Wildman–Crippen MR) is 57.6 cm³/mol. The highest BCUT2D eigenvalue weighted by molar-refractivity contribution is 5.98. The minimum atomic E-state index is -1.56. The van der Waals surface area contributed by atoms with E-state index in [1.165, 1.54) is 0 Å². The van der Waals surface area contributed by atoms with Crippen LogP contribution in [0.4, 0.5) is 0 Å². The van der Waals surface area contributed by atoms with Gasteiger partial charge >= 0.3 is 5.97 Å². The highest BCUT2D eigenvalue weighted by Gasteiger charge is 2.16. The van der Waals surface area contributed by atoms with Crippen molar-refractivity contribution in [3.8, 4) is 0 Å². The Kier molecular flexibility index (Phi) is 6.57. The monoisotopic (exact) mass is 243 g/mol. The minimum absolute atomic E-state index is 0.351. The average Bonchev–Trinajstić information content (AvgIpc) is 2.63. The third-order valence-corrected chi connectivity index (χ3v) is 1.65. The highest BCUT2D eigenvalue weighted by Crippen LogP contribution is 2.07. The van der Waals surface area contributed by atoms with Crippen molar-refractivity contribution in [1.29, 1.82) is 0 Å². The number of carboxylic acids is 2. The number of nitrogens with zero attached hydrogens (tertiary/aromatic N) is 1. The highest BCUT2D eigenvalue weighted by atomic mass is 16.4. The van der Waals surface area contributed by atoms with Gasteiger partial charge in [-0.3, -0.25) is 0 Å². The number of aromatic carboxylic acids is 2. The Morgan fingerprint density at radius 1 is 1.47 bits per heavy atom. The van der Waals surface area contributed by atoms with Crippen molar-refractivity contribution in [2.24, 2.45) is 0 Å². The number of quaternary nitrogens is 1. The maximum Gasteiger partial charge on any atom is 0.356 e. The molecule has 0 aliphatic rings. The van der Waals surface area contributed by atoms with Crippen molar-refractivity contribution in [1.82, 2.24) is 9.97 Å². The number of aromatic amines is 1. The van der Waals surface area contributed by atoms with Gasteiger partial charge in [0, 0.05) is 6.42 Å². The van der Waals surface area contributed by atoms with E-state index < -0.39 is 23.3 Å². The molecule has 0 saturated heterocycles. The van der Waals surface area contributed by atoms with E-state index in [4.69, 9.17) is 5.11 Å². The number of hydrogen-bond acceptors (Lipinski definition) is 4. The summed E-state index contributed by atoms with van der Waals surface area (Å²) in [6.07, 6.45) is 1.26. The number of aromatic nitrogens is 2. The zero-order valence-corrected chi connectivity index (χ0v) is 10.1. The Balaban J connectivity index is 0.000000770. The van der Waals surface area contributed by atoms with Crippen LogP contribution in [-0.2, 0) is 6.42 Å². The molecule has 96 valence electrons. The molecule has 0 spiro atoms. The van der Waals surface area contributed by atoms with Crippen LogP contribution in [0.1, 0.15) is 40.1 Å². The molecule has 17 heavy (non-hydrogen) atoms. The van der Waals surface area contributed by atoms with Crippen molar-refractivity contribution >= 4 is 11.9 Å². The van der Waals surface area contributed by atoms with E-state index in [2.05, 4.69) is 9.97 Å². The number of aryl methyl sites for hydroxylation is 1. The third-order valence-electron chi connectivity index (χ3n) is 1.65. The zero-order chi connectivity index (χ0) is 13.4. The van der Waals surface area contributed by atoms with Crippen LogP contribution in [0.15, 0.2) is 0 Å². The molecule has 0 aromatic carbocycles. The lowest BCUT2D eigenvalue weighted by atomic mass is 10.3. The standard InChI is InChI=1S/C8H10N2O4.C2H7N/c1-2-3-4-9-5(7(11)12)6(10-4)8(13)14;1-3-2/h2-3H2,1H3,(H,9,10)(H,11,12)(H,13,14);3H,1-2H3. The molecular formula is C10H17N3O4. The van der Waals surface area contributed by atoms with Crippen LogP contribution in [0, 0.1) is 0 Å². The molecule has 1 aromatic rings. The molecule has 1 rings (SSSR count). The first-order chi connectivity index (χ1) is 7.97. The second kappa shape index (κ2) is 7.39. The summed E-state index contributed by atoms with van der Waals surface area (Å²) in [5, 5.41) is 21.1. The van der Waals surface area contributed by atoms with Crippen LogP contribution in [0.25, 0.3) is 0 Å². The molecule has 0 fully saturated rings. The van der Waals surface area contributed by atoms with E-state index in [9.17, 15) is 14.7 Å². The van der Waals surface area contributed by atoms with E-state index in [1.807, 2.05) is 26.3 Å². The van der Waals surface area contributed by atoms with Crippen molar-refractivity contribution in [2.45, 2.75) is 19.8 Å². The van der Waals surface area contributed by atoms with Gasteiger partial charge in [-0.05, 0) is 6.42 Å². The van der Waals surface area contributed by atoms with Crippen LogP contribution < -0.4 is 10.4 Å². The summed E-state index contributed by atoms with van der Waals surface area (Å²) in [6.45, 7) is 1.88. The second-order valence-electron chi connectivity index (χ2n) is 3.33. The fraction of sp³-hybridized carbons (Fsp3) is 0.500. The topological polar surface area (TPSA) is 123 Å². The first-order valence-corrected chi connectivity index (χ1v) is 5.25. The number of nitrogens with two attached hydrogens (primary N) is 1. The maximum atomic E-state index is 10.6. The van der Waals surface area contributed by atoms with Crippen LogP contribution in [0.2, 0.25) is 0 Å². The number of carboxylic acid groups (broad SMARTS) is 2. The number of H-pyrrole nitrogens is 1. The van der Waals surface area contributed by atoms with Gasteiger partial charge in [-0.25, -0.2) is 9.78 Å². The summed E-state index contributed by atoms with van der Waals surface area (Å²) in [5.41, 5.74) is -0.964. The van der Waals surface area contributed by atoms with Gasteiger partial charge in [-0.1, -0.05) is 6.92 Å². The Morgan fingerprint density at radius 2 is 2.00 bits per heavy atom. The summed E-state index contributed by atoms with van der Waals surface area (Å²) >= 11 is 0. The molecule has 0 bridgehead atoms. The molecule has 0 aliphatic carbocycles. The van der Waals surface area contributed by atoms with Gasteiger partial charge in [0.1, 0.15) is 5.82 Å². The molecule has 1 heterocycles. The average molecular weight is 243 g/mol. The van der Waals surface area contributed by atoms with Crippen molar-refractivity contribution in [2.75, 3.05) is 14.1 Å². The fourth-order valence-electron chi connectivity index (χ4n) is 1.08. The predicted octanol–water partition coefficient (Wildman–Crippen LogP) is -1.77. The summed E-state index contributed by atoms with van der Waals surface area (Å²) in [6, 6.07) is 0. The molecule has 7 nitrogen and oxygen atoms in total. The summed E-state index contributed by atoms with van der Waals surface area (Å²) < 4.78 is 0. The molecule has 4 N–H and O–H groups in total. The van der Waals surface area contributed by atoms with Crippen molar-refractivity contribution in [3.63, 3.8) is 0 Å². The molecule has 0 atom stereocenters. The molecule has 7 heteroatoms. The maximum absolute atomic E-state index is 10.6. The van der Waals surface area contributed by atoms with Gasteiger partial charge in [0.05, 0.1) is 25.8 Å². The summed E-state index contributed by atoms with van der Waals surface area (Å²) in [7, 11) is 4.00. The van der Waals surface area contributed by atoms with Gasteiger partial charge in [0.25, 0.3) is 0 Å². The van der Waals surface area contributed by atoms with Crippen molar-refractivity contribution < 1.29 is 25.1 Å². The largest absolute Gasteiger partial charge is 0.543 e. The summed E-state index contributed by atoms with van der Waals surface area (Å²) in [4.78, 5) is 27.1. The number of carbonyl (C=O) groups excluding carboxylic acids is 1. The van der Waals surface area contributed by atoms with E-state index >= 15 is 0 Å². The lowest BCUT2D eigenvalue weighted by molar-refractivity contribution is -0.597. The van der Waals surface area contributed by atoms with Gasteiger partial charge in [0.2, 0.25) is 0 Å². The first-order valence-electron chi connectivity index (χ1n) is 5.25. The molecule has 0 saturated carbocycles. The molecule has 1 aromatic heterocycles. The second-order valence-corrected chi connectivity index (χ2v) is 3.33. The zero-order valence-electron chi connectivity index (χ0n) is 10.1. The third kappa shape index (κ3) is 4.64. The number of imidazole rings is 1. The van der Waals surface area contributed by atoms with Gasteiger partial charge in [-0.15, -0.1) is 0 Å². The van der Waals surface area contributed by atoms with Crippen LogP contribution >= 0.6 is 0 Å². The Bertz CT molecular complexity index is 355. The Hall–Kier alpha value is -1.89. The Morgan fingerprint density at radius 3 is 2.29 bits per heavy atom. The van der Waals surface area contributed by atoms with Crippen LogP contribution in [0.5, 0.6) is 0 Å². The van der Waals surface area contributed by atoms with E-state index in [0.717, 1.165) is 6.42 Å². The van der Waals surface area contributed by atoms with E-state index in [-0.39, 0.29) is 0 Å². The van der Waals surface area contributed by atoms with Gasteiger partial charge in [-0.2, -0.15) is 0 Å². The normalized spacial score (nSPS) is 9.35. The fourth-order valence-corrected chi connectivity index (χ4v) is 1.08. The number of carbonyl (C=O) groups is 2. The smallest absolute Gasteiger partial charge is 0.356 e. The van der Waals surface area contributed by atoms with Gasteiger partial charge in [0.15, 0.2) is 5.69 Å². The summed E-state index contributed by atoms with van der Waals surface area (Å²) in [5.74, 6) is -2.58. The lowest BCUT2D eigenvalue weighted by Gasteiger charge is -1.97.